The lowest BCUT2D eigenvalue weighted by atomic mass is 9.67. The van der Waals surface area contributed by atoms with Crippen LogP contribution in [0.5, 0.6) is 0 Å². The molecule has 4 heterocycles. The number of piperidine rings is 1. The van der Waals surface area contributed by atoms with Gasteiger partial charge < -0.3 is 19.9 Å². The summed E-state index contributed by atoms with van der Waals surface area (Å²) in [6, 6.07) is 0.983. The molecule has 2 aromatic heterocycles. The van der Waals surface area contributed by atoms with Crippen molar-refractivity contribution >= 4 is 11.8 Å². The Morgan fingerprint density at radius 3 is 2.63 bits per heavy atom. The molecular weight excluding hydrogens is 386 g/mol. The molecule has 30 heavy (non-hydrogen) atoms. The molecule has 9 nitrogen and oxygen atoms in total. The Bertz CT molecular complexity index is 951. The van der Waals surface area contributed by atoms with Crippen LogP contribution in [0.4, 0.5) is 0 Å². The van der Waals surface area contributed by atoms with Crippen molar-refractivity contribution in [2.24, 2.45) is 11.1 Å². The molecule has 2 amide bonds. The zero-order valence-electron chi connectivity index (χ0n) is 17.8. The lowest BCUT2D eigenvalue weighted by Crippen LogP contribution is -2.61. The summed E-state index contributed by atoms with van der Waals surface area (Å²) in [5.74, 6) is -0.288. The molecule has 2 aromatic rings. The quantitative estimate of drug-likeness (QED) is 0.817. The molecule has 4 rings (SSSR count). The number of nitrogens with zero attached hydrogens (tertiary/aromatic N) is 4. The van der Waals surface area contributed by atoms with Gasteiger partial charge in [-0.2, -0.15) is 5.10 Å². The number of hydrogen-bond donors (Lipinski definition) is 1. The molecule has 1 spiro atoms. The number of aryl methyl sites for hydroxylation is 2. The number of amides is 2. The Labute approximate surface area is 175 Å². The third kappa shape index (κ3) is 3.30. The number of ether oxygens (including phenoxy) is 1. The van der Waals surface area contributed by atoms with Crippen LogP contribution in [0.2, 0.25) is 0 Å². The smallest absolute Gasteiger partial charge is 0.276 e. The first-order chi connectivity index (χ1) is 14.4. The lowest BCUT2D eigenvalue weighted by Gasteiger charge is -2.50. The van der Waals surface area contributed by atoms with Crippen LogP contribution in [-0.2, 0) is 16.1 Å². The van der Waals surface area contributed by atoms with Gasteiger partial charge in [-0.15, -0.1) is 0 Å². The number of hydrogen-bond acceptors (Lipinski definition) is 6. The normalized spacial score (nSPS) is 21.2. The van der Waals surface area contributed by atoms with Crippen molar-refractivity contribution in [1.82, 2.24) is 19.8 Å². The van der Waals surface area contributed by atoms with E-state index < -0.39 is 11.9 Å². The Morgan fingerprint density at radius 1 is 1.27 bits per heavy atom. The first kappa shape index (κ1) is 20.6. The van der Waals surface area contributed by atoms with Crippen LogP contribution in [-0.4, -0.2) is 57.5 Å². The van der Waals surface area contributed by atoms with Gasteiger partial charge in [0.2, 0.25) is 5.91 Å². The van der Waals surface area contributed by atoms with Gasteiger partial charge in [0.25, 0.3) is 5.91 Å². The molecular formula is C21H29N5O4. The summed E-state index contributed by atoms with van der Waals surface area (Å²) in [7, 11) is 0. The Hall–Kier alpha value is -2.68. The van der Waals surface area contributed by atoms with Crippen molar-refractivity contribution in [3.8, 4) is 11.3 Å². The van der Waals surface area contributed by atoms with Crippen LogP contribution in [0.25, 0.3) is 11.3 Å². The molecule has 0 saturated carbocycles. The van der Waals surface area contributed by atoms with Crippen molar-refractivity contribution < 1.29 is 18.8 Å². The maximum absolute atomic E-state index is 13.4. The number of carbonyl (C=O) groups excluding carboxylic acids is 2. The highest BCUT2D eigenvalue weighted by molar-refractivity contribution is 5.97. The van der Waals surface area contributed by atoms with Gasteiger partial charge in [-0.3, -0.25) is 14.3 Å². The summed E-state index contributed by atoms with van der Waals surface area (Å²) in [6.45, 7) is 8.27. The number of carbonyl (C=O) groups is 2. The molecule has 1 atom stereocenters. The minimum Gasteiger partial charge on any atom is -0.381 e. The number of rotatable bonds is 4. The van der Waals surface area contributed by atoms with Gasteiger partial charge in [0.1, 0.15) is 6.04 Å². The highest BCUT2D eigenvalue weighted by Crippen LogP contribution is 2.44. The van der Waals surface area contributed by atoms with Gasteiger partial charge in [-0.1, -0.05) is 5.16 Å². The van der Waals surface area contributed by atoms with E-state index >= 15 is 0 Å². The molecule has 1 unspecified atom stereocenters. The number of primary amides is 1. The molecule has 162 valence electrons. The largest absolute Gasteiger partial charge is 0.381 e. The van der Waals surface area contributed by atoms with Crippen molar-refractivity contribution in [3.63, 3.8) is 0 Å². The fraction of sp³-hybridized carbons (Fsp3) is 0.619. The topological polar surface area (TPSA) is 116 Å². The summed E-state index contributed by atoms with van der Waals surface area (Å²) in [5, 5.41) is 8.53. The zero-order chi connectivity index (χ0) is 21.5. The van der Waals surface area contributed by atoms with Crippen molar-refractivity contribution in [3.05, 3.63) is 23.1 Å². The third-order valence-electron chi connectivity index (χ3n) is 6.64. The molecule has 2 fully saturated rings. The second-order valence-corrected chi connectivity index (χ2v) is 8.32. The maximum atomic E-state index is 13.4. The molecule has 2 N–H and O–H groups in total. The van der Waals surface area contributed by atoms with E-state index in [0.29, 0.717) is 25.5 Å². The number of nitrogens with two attached hydrogens (primary N) is 1. The standard InChI is InChI=1S/C21H29N5O4/c1-4-26-14(3)17(13(2)23-26)16-12-15(24-30-16)20(28)25-9-5-6-21(18(25)19(22)27)7-10-29-11-8-21/h12,18H,4-11H2,1-3H3,(H2,22,27). The van der Waals surface area contributed by atoms with Gasteiger partial charge in [0.15, 0.2) is 11.5 Å². The van der Waals surface area contributed by atoms with E-state index in [2.05, 4.69) is 10.3 Å². The van der Waals surface area contributed by atoms with E-state index in [1.165, 1.54) is 0 Å². The molecule has 0 aliphatic carbocycles. The van der Waals surface area contributed by atoms with Crippen LogP contribution in [0.1, 0.15) is 54.5 Å². The minimum absolute atomic E-state index is 0.184. The average Bonchev–Trinajstić information content (AvgIpc) is 3.31. The van der Waals surface area contributed by atoms with Crippen LogP contribution in [0.15, 0.2) is 10.6 Å². The summed E-state index contributed by atoms with van der Waals surface area (Å²) in [4.78, 5) is 27.4. The maximum Gasteiger partial charge on any atom is 0.276 e. The van der Waals surface area contributed by atoms with Crippen LogP contribution in [0.3, 0.4) is 0 Å². The second kappa shape index (κ2) is 7.86. The summed E-state index contributed by atoms with van der Waals surface area (Å²) in [5.41, 5.74) is 8.29. The molecule has 2 saturated heterocycles. The summed E-state index contributed by atoms with van der Waals surface area (Å²) >= 11 is 0. The summed E-state index contributed by atoms with van der Waals surface area (Å²) < 4.78 is 12.9. The van der Waals surface area contributed by atoms with Gasteiger partial charge in [-0.25, -0.2) is 0 Å². The molecule has 0 radical (unpaired) electrons. The predicted octanol–water partition coefficient (Wildman–Crippen LogP) is 2.06. The fourth-order valence-electron chi connectivity index (χ4n) is 5.18. The Kier molecular flexibility index (Phi) is 5.40. The SMILES string of the molecule is CCn1nc(C)c(-c2cc(C(=O)N3CCCC4(CCOCC4)C3C(N)=O)no2)c1C. The minimum atomic E-state index is -0.658. The van der Waals surface area contributed by atoms with Gasteiger partial charge in [0.05, 0.1) is 11.3 Å². The first-order valence-corrected chi connectivity index (χ1v) is 10.6. The number of aromatic nitrogens is 3. The second-order valence-electron chi connectivity index (χ2n) is 8.32. The van der Waals surface area contributed by atoms with Crippen molar-refractivity contribution in [1.29, 1.82) is 0 Å². The van der Waals surface area contributed by atoms with E-state index in [9.17, 15) is 9.59 Å². The van der Waals surface area contributed by atoms with Gasteiger partial charge in [-0.05, 0) is 46.5 Å². The first-order valence-electron chi connectivity index (χ1n) is 10.6. The average molecular weight is 415 g/mol. The molecule has 9 heteroatoms. The monoisotopic (exact) mass is 415 g/mol. The highest BCUT2D eigenvalue weighted by Gasteiger charge is 2.50. The zero-order valence-corrected chi connectivity index (χ0v) is 17.8. The van der Waals surface area contributed by atoms with Gasteiger partial charge in [0, 0.05) is 43.5 Å². The Morgan fingerprint density at radius 2 is 2.00 bits per heavy atom. The van der Waals surface area contributed by atoms with Crippen molar-refractivity contribution in [2.45, 2.75) is 59.0 Å². The van der Waals surface area contributed by atoms with E-state index in [4.69, 9.17) is 15.0 Å². The van der Waals surface area contributed by atoms with E-state index in [1.807, 2.05) is 25.5 Å². The summed E-state index contributed by atoms with van der Waals surface area (Å²) in [6.07, 6.45) is 3.14. The van der Waals surface area contributed by atoms with E-state index in [-0.39, 0.29) is 17.0 Å². The van der Waals surface area contributed by atoms with E-state index in [0.717, 1.165) is 49.2 Å². The van der Waals surface area contributed by atoms with E-state index in [1.54, 1.807) is 11.0 Å². The molecule has 2 aliphatic rings. The van der Waals surface area contributed by atoms with Crippen LogP contribution < -0.4 is 5.73 Å². The predicted molar refractivity (Wildman–Crippen MR) is 109 cm³/mol. The van der Waals surface area contributed by atoms with Gasteiger partial charge >= 0.3 is 0 Å². The third-order valence-corrected chi connectivity index (χ3v) is 6.64. The number of likely N-dealkylation sites (tertiary alicyclic amines) is 1. The fourth-order valence-corrected chi connectivity index (χ4v) is 5.18. The molecule has 2 aliphatic heterocycles. The molecule has 0 bridgehead atoms. The molecule has 0 aromatic carbocycles. The van der Waals surface area contributed by atoms with Crippen LogP contribution >= 0.6 is 0 Å². The lowest BCUT2D eigenvalue weighted by molar-refractivity contribution is -0.134. The van der Waals surface area contributed by atoms with Crippen LogP contribution in [0, 0.1) is 19.3 Å². The Balaban J connectivity index is 1.64. The van der Waals surface area contributed by atoms with Crippen molar-refractivity contribution in [2.75, 3.05) is 19.8 Å². The highest BCUT2D eigenvalue weighted by atomic mass is 16.5.